The molecule has 0 spiro atoms. The zero-order valence-corrected chi connectivity index (χ0v) is 12.4. The van der Waals surface area contributed by atoms with Crippen molar-refractivity contribution in [1.82, 2.24) is 0 Å². The Balaban J connectivity index is 3.21. The number of nitriles is 1. The number of carbonyl (C=O) groups is 1. The van der Waals surface area contributed by atoms with Gasteiger partial charge in [0.25, 0.3) is 0 Å². The average molecular weight is 319 g/mol. The van der Waals surface area contributed by atoms with Crippen LogP contribution in [0.4, 0.5) is 0 Å². The van der Waals surface area contributed by atoms with E-state index >= 15 is 0 Å². The van der Waals surface area contributed by atoms with Gasteiger partial charge in [0.05, 0.1) is 11.5 Å². The zero-order chi connectivity index (χ0) is 14.3. The van der Waals surface area contributed by atoms with E-state index in [9.17, 15) is 4.79 Å². The Morgan fingerprint density at radius 3 is 2.53 bits per heavy atom. The highest BCUT2D eigenvalue weighted by Gasteiger charge is 2.37. The summed E-state index contributed by atoms with van der Waals surface area (Å²) in [6, 6.07) is 9.66. The van der Waals surface area contributed by atoms with Crippen molar-refractivity contribution in [2.24, 2.45) is 0 Å². The smallest absolute Gasteiger partial charge is 0.216 e. The molecule has 3 nitrogen and oxygen atoms in total. The predicted octanol–water partition coefficient (Wildman–Crippen LogP) is 3.89. The van der Waals surface area contributed by atoms with Gasteiger partial charge >= 0.3 is 0 Å². The molecule has 0 saturated carbocycles. The number of hydrogen-bond acceptors (Lipinski definition) is 2. The van der Waals surface area contributed by atoms with Crippen molar-refractivity contribution in [3.63, 3.8) is 0 Å². The van der Waals surface area contributed by atoms with E-state index < -0.39 is 5.41 Å². The number of ketones is 1. The van der Waals surface area contributed by atoms with E-state index in [1.54, 1.807) is 6.92 Å². The van der Waals surface area contributed by atoms with Crippen molar-refractivity contribution in [2.75, 3.05) is 6.54 Å². The van der Waals surface area contributed by atoms with Gasteiger partial charge in [-0.3, -0.25) is 4.79 Å². The standard InChI is InChI=1S/C15H15BrN2O/c1-12(19)15(8-3-10-17,9-11-18-2)13-4-6-14(16)7-5-13/h4-7H,3,8-9,11H2,1H3. The summed E-state index contributed by atoms with van der Waals surface area (Å²) < 4.78 is 0.944. The summed E-state index contributed by atoms with van der Waals surface area (Å²) >= 11 is 3.37. The molecule has 0 fully saturated rings. The first-order valence-electron chi connectivity index (χ1n) is 6.04. The Morgan fingerprint density at radius 1 is 1.42 bits per heavy atom. The lowest BCUT2D eigenvalue weighted by Crippen LogP contribution is -2.35. The Hall–Kier alpha value is -1.65. The fourth-order valence-electron chi connectivity index (χ4n) is 2.25. The summed E-state index contributed by atoms with van der Waals surface area (Å²) in [5.41, 5.74) is 0.183. The zero-order valence-electron chi connectivity index (χ0n) is 10.8. The largest absolute Gasteiger partial charge is 0.317 e. The van der Waals surface area contributed by atoms with Crippen molar-refractivity contribution in [2.45, 2.75) is 31.6 Å². The van der Waals surface area contributed by atoms with Crippen LogP contribution >= 0.6 is 15.9 Å². The maximum atomic E-state index is 12.1. The minimum absolute atomic E-state index is 0.0220. The predicted molar refractivity (Wildman–Crippen MR) is 77.4 cm³/mol. The Morgan fingerprint density at radius 2 is 2.05 bits per heavy atom. The van der Waals surface area contributed by atoms with Crippen molar-refractivity contribution in [1.29, 1.82) is 5.26 Å². The second-order valence-electron chi connectivity index (χ2n) is 4.44. The molecule has 0 amide bonds. The van der Waals surface area contributed by atoms with E-state index in [1.165, 1.54) is 0 Å². The number of nitrogens with zero attached hydrogens (tertiary/aromatic N) is 2. The highest BCUT2D eigenvalue weighted by atomic mass is 79.9. The van der Waals surface area contributed by atoms with Gasteiger partial charge in [0, 0.05) is 17.3 Å². The third-order valence-electron chi connectivity index (χ3n) is 3.38. The minimum atomic E-state index is -0.707. The van der Waals surface area contributed by atoms with Gasteiger partial charge in [0.15, 0.2) is 0 Å². The van der Waals surface area contributed by atoms with Crippen LogP contribution in [0.5, 0.6) is 0 Å². The monoisotopic (exact) mass is 318 g/mol. The summed E-state index contributed by atoms with van der Waals surface area (Å²) in [7, 11) is 0. The minimum Gasteiger partial charge on any atom is -0.317 e. The van der Waals surface area contributed by atoms with Crippen LogP contribution in [-0.2, 0) is 10.2 Å². The molecule has 0 aliphatic heterocycles. The van der Waals surface area contributed by atoms with Gasteiger partial charge in [0.2, 0.25) is 6.54 Å². The van der Waals surface area contributed by atoms with Gasteiger partial charge in [-0.05, 0) is 31.0 Å². The third-order valence-corrected chi connectivity index (χ3v) is 3.91. The molecular formula is C15H15BrN2O. The van der Waals surface area contributed by atoms with Crippen LogP contribution in [0.25, 0.3) is 4.85 Å². The van der Waals surface area contributed by atoms with Crippen LogP contribution < -0.4 is 0 Å². The SMILES string of the molecule is [C-]#[N+]CCC(CCC#N)(C(C)=O)c1ccc(Br)cc1. The molecule has 1 atom stereocenters. The molecule has 0 bridgehead atoms. The number of rotatable bonds is 6. The van der Waals surface area contributed by atoms with E-state index in [1.807, 2.05) is 24.3 Å². The van der Waals surface area contributed by atoms with Crippen LogP contribution in [0.15, 0.2) is 28.7 Å². The second-order valence-corrected chi connectivity index (χ2v) is 5.35. The van der Waals surface area contributed by atoms with E-state index in [2.05, 4.69) is 26.8 Å². The molecule has 1 aromatic rings. The van der Waals surface area contributed by atoms with Crippen LogP contribution in [0.2, 0.25) is 0 Å². The summed E-state index contributed by atoms with van der Waals surface area (Å²) in [6.45, 7) is 8.78. The van der Waals surface area contributed by atoms with Crippen molar-refractivity contribution in [3.05, 3.63) is 45.7 Å². The van der Waals surface area contributed by atoms with E-state index in [-0.39, 0.29) is 5.78 Å². The Kier molecular flexibility index (Phi) is 5.73. The Labute approximate surface area is 122 Å². The fraction of sp³-hybridized carbons (Fsp3) is 0.400. The first-order chi connectivity index (χ1) is 9.06. The Bertz CT molecular complexity index is 505. The average Bonchev–Trinajstić information content (AvgIpc) is 2.40. The van der Waals surface area contributed by atoms with Crippen LogP contribution in [0.1, 0.15) is 31.7 Å². The van der Waals surface area contributed by atoms with E-state index in [0.29, 0.717) is 25.8 Å². The van der Waals surface area contributed by atoms with E-state index in [0.717, 1.165) is 10.0 Å². The maximum Gasteiger partial charge on any atom is 0.216 e. The summed E-state index contributed by atoms with van der Waals surface area (Å²) in [5, 5.41) is 8.80. The molecule has 1 unspecified atom stereocenters. The summed E-state index contributed by atoms with van der Waals surface area (Å²) in [4.78, 5) is 15.5. The van der Waals surface area contributed by atoms with Crippen molar-refractivity contribution < 1.29 is 4.79 Å². The molecule has 0 heterocycles. The third kappa shape index (κ3) is 3.66. The number of benzene rings is 1. The van der Waals surface area contributed by atoms with Crippen molar-refractivity contribution >= 4 is 21.7 Å². The van der Waals surface area contributed by atoms with Gasteiger partial charge in [-0.2, -0.15) is 5.26 Å². The van der Waals surface area contributed by atoms with Crippen LogP contribution in [0, 0.1) is 17.9 Å². The van der Waals surface area contributed by atoms with Gasteiger partial charge in [-0.25, -0.2) is 6.57 Å². The molecule has 0 radical (unpaired) electrons. The lowest BCUT2D eigenvalue weighted by Gasteiger charge is -2.29. The van der Waals surface area contributed by atoms with Crippen molar-refractivity contribution in [3.8, 4) is 6.07 Å². The van der Waals surface area contributed by atoms with Gasteiger partial charge in [-0.1, -0.05) is 28.1 Å². The molecule has 19 heavy (non-hydrogen) atoms. The number of halogens is 1. The topological polar surface area (TPSA) is 45.2 Å². The maximum absolute atomic E-state index is 12.1. The molecule has 1 rings (SSSR count). The molecule has 0 saturated heterocycles. The number of carbonyl (C=O) groups excluding carboxylic acids is 1. The lowest BCUT2D eigenvalue weighted by atomic mass is 9.71. The molecule has 0 N–H and O–H groups in total. The molecule has 0 aromatic heterocycles. The fourth-order valence-corrected chi connectivity index (χ4v) is 2.52. The summed E-state index contributed by atoms with van der Waals surface area (Å²) in [5.74, 6) is 0.0220. The molecule has 98 valence electrons. The number of Topliss-reactive ketones (excluding diaryl/α,β-unsaturated/α-hetero) is 1. The van der Waals surface area contributed by atoms with Crippen LogP contribution in [0.3, 0.4) is 0 Å². The molecular weight excluding hydrogens is 304 g/mol. The molecule has 4 heteroatoms. The first kappa shape index (κ1) is 15.4. The molecule has 0 aliphatic carbocycles. The summed E-state index contributed by atoms with van der Waals surface area (Å²) in [6.07, 6.45) is 1.25. The quantitative estimate of drug-likeness (QED) is 0.747. The second kappa shape index (κ2) is 7.07. The molecule has 0 aliphatic rings. The van der Waals surface area contributed by atoms with Crippen LogP contribution in [-0.4, -0.2) is 12.3 Å². The number of hydrogen-bond donors (Lipinski definition) is 0. The van der Waals surface area contributed by atoms with Gasteiger partial charge in [-0.15, -0.1) is 0 Å². The normalized spacial score (nSPS) is 13.1. The first-order valence-corrected chi connectivity index (χ1v) is 6.83. The molecule has 1 aromatic carbocycles. The highest BCUT2D eigenvalue weighted by molar-refractivity contribution is 9.10. The highest BCUT2D eigenvalue weighted by Crippen LogP contribution is 2.35. The van der Waals surface area contributed by atoms with E-state index in [4.69, 9.17) is 11.8 Å². The lowest BCUT2D eigenvalue weighted by molar-refractivity contribution is -0.122. The van der Waals surface area contributed by atoms with Gasteiger partial charge < -0.3 is 4.85 Å². The van der Waals surface area contributed by atoms with Gasteiger partial charge in [0.1, 0.15) is 5.78 Å².